The molecule has 1 saturated carbocycles. The van der Waals surface area contributed by atoms with Crippen LogP contribution in [0.25, 0.3) is 0 Å². The van der Waals surface area contributed by atoms with Crippen LogP contribution in [0.4, 0.5) is 0 Å². The number of phenolic OH excluding ortho intramolecular Hbond substituents is 1. The number of phenols is 1. The number of hydrogen-bond donors (Lipinski definition) is 1. The lowest BCUT2D eigenvalue weighted by atomic mass is 10.3. The molecule has 2 nitrogen and oxygen atoms in total. The normalized spacial score (nSPS) is 16.0. The van der Waals surface area contributed by atoms with E-state index >= 15 is 0 Å². The van der Waals surface area contributed by atoms with Gasteiger partial charge in [0, 0.05) is 0 Å². The molecule has 12 heavy (non-hydrogen) atoms. The summed E-state index contributed by atoms with van der Waals surface area (Å²) in [6.45, 7) is 0.728. The predicted octanol–water partition coefficient (Wildman–Crippen LogP) is 1.98. The summed E-state index contributed by atoms with van der Waals surface area (Å²) in [4.78, 5) is 0. The SMILES string of the molecule is Oc1cc[c]cc1OCC1CC1. The van der Waals surface area contributed by atoms with Gasteiger partial charge < -0.3 is 9.84 Å². The molecule has 0 amide bonds. The molecule has 0 aromatic heterocycles. The maximum atomic E-state index is 9.30. The number of aromatic hydroxyl groups is 1. The quantitative estimate of drug-likeness (QED) is 0.738. The Kier molecular flexibility index (Phi) is 1.90. The fourth-order valence-electron chi connectivity index (χ4n) is 1.01. The van der Waals surface area contributed by atoms with E-state index in [1.165, 1.54) is 12.8 Å². The van der Waals surface area contributed by atoms with Crippen molar-refractivity contribution in [2.45, 2.75) is 12.8 Å². The molecule has 1 aliphatic carbocycles. The molecule has 1 aliphatic rings. The van der Waals surface area contributed by atoms with Crippen molar-refractivity contribution in [2.75, 3.05) is 6.61 Å². The first-order chi connectivity index (χ1) is 5.86. The zero-order valence-corrected chi connectivity index (χ0v) is 6.79. The van der Waals surface area contributed by atoms with Gasteiger partial charge in [-0.15, -0.1) is 0 Å². The minimum Gasteiger partial charge on any atom is -0.504 e. The summed E-state index contributed by atoms with van der Waals surface area (Å²) in [5.74, 6) is 1.46. The highest BCUT2D eigenvalue weighted by Gasteiger charge is 2.22. The second-order valence-corrected chi connectivity index (χ2v) is 3.15. The van der Waals surface area contributed by atoms with Gasteiger partial charge in [-0.05, 0) is 37.0 Å². The number of benzene rings is 1. The smallest absolute Gasteiger partial charge is 0.161 e. The van der Waals surface area contributed by atoms with E-state index in [1.54, 1.807) is 18.2 Å². The summed E-state index contributed by atoms with van der Waals surface area (Å²) in [5, 5.41) is 9.30. The molecule has 0 saturated heterocycles. The van der Waals surface area contributed by atoms with Crippen LogP contribution in [0.2, 0.25) is 0 Å². The molecule has 0 atom stereocenters. The maximum absolute atomic E-state index is 9.30. The molecule has 0 bridgehead atoms. The van der Waals surface area contributed by atoms with Crippen LogP contribution in [0.5, 0.6) is 11.5 Å². The molecule has 1 aromatic carbocycles. The topological polar surface area (TPSA) is 29.5 Å². The molecule has 1 radical (unpaired) electrons. The van der Waals surface area contributed by atoms with Gasteiger partial charge in [0.2, 0.25) is 0 Å². The minimum absolute atomic E-state index is 0.203. The zero-order chi connectivity index (χ0) is 8.39. The third-order valence-electron chi connectivity index (χ3n) is 1.98. The number of hydrogen-bond acceptors (Lipinski definition) is 2. The zero-order valence-electron chi connectivity index (χ0n) is 6.79. The molecule has 63 valence electrons. The largest absolute Gasteiger partial charge is 0.504 e. The van der Waals surface area contributed by atoms with Crippen LogP contribution in [-0.4, -0.2) is 11.7 Å². The molecule has 1 fully saturated rings. The van der Waals surface area contributed by atoms with E-state index in [9.17, 15) is 5.11 Å². The fraction of sp³-hybridized carbons (Fsp3) is 0.400. The highest BCUT2D eigenvalue weighted by molar-refractivity contribution is 5.37. The van der Waals surface area contributed by atoms with Crippen LogP contribution in [-0.2, 0) is 0 Å². The molecule has 1 N–H and O–H groups in total. The Morgan fingerprint density at radius 1 is 1.58 bits per heavy atom. The van der Waals surface area contributed by atoms with Crippen molar-refractivity contribution in [3.8, 4) is 11.5 Å². The average molecular weight is 163 g/mol. The van der Waals surface area contributed by atoms with Gasteiger partial charge in [-0.2, -0.15) is 0 Å². The summed E-state index contributed by atoms with van der Waals surface area (Å²) in [6.07, 6.45) is 2.52. The van der Waals surface area contributed by atoms with Crippen molar-refractivity contribution in [2.24, 2.45) is 5.92 Å². The monoisotopic (exact) mass is 163 g/mol. The van der Waals surface area contributed by atoms with Gasteiger partial charge in [-0.1, -0.05) is 6.07 Å². The highest BCUT2D eigenvalue weighted by atomic mass is 16.5. The Balaban J connectivity index is 1.96. The third kappa shape index (κ3) is 1.70. The van der Waals surface area contributed by atoms with E-state index in [4.69, 9.17) is 4.74 Å². The molecular weight excluding hydrogens is 152 g/mol. The van der Waals surface area contributed by atoms with E-state index < -0.39 is 0 Å². The van der Waals surface area contributed by atoms with Gasteiger partial charge in [0.1, 0.15) is 0 Å². The first kappa shape index (κ1) is 7.47. The molecular formula is C10H11O2. The van der Waals surface area contributed by atoms with Crippen LogP contribution < -0.4 is 4.74 Å². The lowest BCUT2D eigenvalue weighted by molar-refractivity contribution is 0.284. The van der Waals surface area contributed by atoms with Gasteiger partial charge in [0.05, 0.1) is 6.61 Å². The standard InChI is InChI=1S/C10H11O2/c11-9-3-1-2-4-10(9)12-7-8-5-6-8/h1,3-4,8,11H,5-7H2. The van der Waals surface area contributed by atoms with Gasteiger partial charge in [0.25, 0.3) is 0 Å². The summed E-state index contributed by atoms with van der Waals surface area (Å²) >= 11 is 0. The van der Waals surface area contributed by atoms with E-state index in [0.717, 1.165) is 6.61 Å². The molecule has 0 heterocycles. The van der Waals surface area contributed by atoms with Crippen LogP contribution in [0.15, 0.2) is 18.2 Å². The van der Waals surface area contributed by atoms with Crippen LogP contribution >= 0.6 is 0 Å². The first-order valence-corrected chi connectivity index (χ1v) is 4.18. The number of ether oxygens (including phenoxy) is 1. The van der Waals surface area contributed by atoms with Crippen molar-refractivity contribution in [3.63, 3.8) is 0 Å². The van der Waals surface area contributed by atoms with Gasteiger partial charge in [0.15, 0.2) is 11.5 Å². The molecule has 1 aromatic rings. The molecule has 0 aliphatic heterocycles. The van der Waals surface area contributed by atoms with E-state index in [2.05, 4.69) is 6.07 Å². The Morgan fingerprint density at radius 2 is 2.42 bits per heavy atom. The molecule has 2 rings (SSSR count). The summed E-state index contributed by atoms with van der Waals surface area (Å²) < 4.78 is 5.38. The Morgan fingerprint density at radius 3 is 3.08 bits per heavy atom. The lowest BCUT2D eigenvalue weighted by Gasteiger charge is -2.05. The van der Waals surface area contributed by atoms with E-state index in [1.807, 2.05) is 0 Å². The predicted molar refractivity (Wildman–Crippen MR) is 45.2 cm³/mol. The van der Waals surface area contributed by atoms with Crippen molar-refractivity contribution >= 4 is 0 Å². The van der Waals surface area contributed by atoms with Crippen molar-refractivity contribution in [3.05, 3.63) is 24.3 Å². The summed E-state index contributed by atoms with van der Waals surface area (Å²) in [7, 11) is 0. The Labute approximate surface area is 71.8 Å². The molecule has 0 unspecified atom stereocenters. The Hall–Kier alpha value is -1.18. The molecule has 2 heteroatoms. The average Bonchev–Trinajstić information content (AvgIpc) is 2.86. The van der Waals surface area contributed by atoms with Crippen LogP contribution in [0.1, 0.15) is 12.8 Å². The molecule has 0 spiro atoms. The lowest BCUT2D eigenvalue weighted by Crippen LogP contribution is -1.98. The van der Waals surface area contributed by atoms with Crippen molar-refractivity contribution in [1.82, 2.24) is 0 Å². The van der Waals surface area contributed by atoms with Gasteiger partial charge in [-0.3, -0.25) is 0 Å². The second kappa shape index (κ2) is 3.05. The Bertz CT molecular complexity index is 266. The highest BCUT2D eigenvalue weighted by Crippen LogP contribution is 2.31. The van der Waals surface area contributed by atoms with Gasteiger partial charge in [-0.25, -0.2) is 0 Å². The van der Waals surface area contributed by atoms with Crippen LogP contribution in [0, 0.1) is 12.0 Å². The first-order valence-electron chi connectivity index (χ1n) is 4.18. The minimum atomic E-state index is 0.203. The number of rotatable bonds is 3. The summed E-state index contributed by atoms with van der Waals surface area (Å²) in [6, 6.07) is 7.78. The van der Waals surface area contributed by atoms with Gasteiger partial charge >= 0.3 is 0 Å². The maximum Gasteiger partial charge on any atom is 0.161 e. The van der Waals surface area contributed by atoms with E-state index in [-0.39, 0.29) is 5.75 Å². The van der Waals surface area contributed by atoms with E-state index in [0.29, 0.717) is 11.7 Å². The van der Waals surface area contributed by atoms with Crippen molar-refractivity contribution < 1.29 is 9.84 Å². The second-order valence-electron chi connectivity index (χ2n) is 3.15. The van der Waals surface area contributed by atoms with Crippen LogP contribution in [0.3, 0.4) is 0 Å². The van der Waals surface area contributed by atoms with Crippen molar-refractivity contribution in [1.29, 1.82) is 0 Å². The third-order valence-corrected chi connectivity index (χ3v) is 1.98. The summed E-state index contributed by atoms with van der Waals surface area (Å²) in [5.41, 5.74) is 0. The fourth-order valence-corrected chi connectivity index (χ4v) is 1.01.